The van der Waals surface area contributed by atoms with Crippen molar-refractivity contribution in [2.45, 2.75) is 5.88 Å². The van der Waals surface area contributed by atoms with Crippen LogP contribution in [0.4, 0.5) is 0 Å². The van der Waals surface area contributed by atoms with Crippen molar-refractivity contribution in [2.75, 3.05) is 0 Å². The first kappa shape index (κ1) is 8.81. The largest absolute Gasteiger partial charge is 0.464 e. The lowest BCUT2D eigenvalue weighted by Gasteiger charge is -1.99. The molecule has 0 fully saturated rings. The molecule has 1 aromatic heterocycles. The molecule has 0 spiro atoms. The van der Waals surface area contributed by atoms with Crippen LogP contribution in [0, 0.1) is 0 Å². The monoisotopic (exact) mass is 216 g/mol. The van der Waals surface area contributed by atoms with E-state index in [9.17, 15) is 0 Å². The van der Waals surface area contributed by atoms with Crippen molar-refractivity contribution >= 4 is 33.3 Å². The maximum atomic E-state index is 5.89. The zero-order valence-electron chi connectivity index (χ0n) is 8.03. The highest BCUT2D eigenvalue weighted by Crippen LogP contribution is 2.30. The third-order valence-corrected chi connectivity index (χ3v) is 2.97. The second kappa shape index (κ2) is 3.28. The number of hydrogen-bond donors (Lipinski definition) is 0. The number of alkyl halides is 1. The predicted octanol–water partition coefficient (Wildman–Crippen LogP) is 4.32. The Morgan fingerprint density at radius 1 is 1.07 bits per heavy atom. The maximum absolute atomic E-state index is 5.89. The fourth-order valence-electron chi connectivity index (χ4n) is 1.97. The van der Waals surface area contributed by atoms with Gasteiger partial charge in [0.05, 0.1) is 12.1 Å². The summed E-state index contributed by atoms with van der Waals surface area (Å²) in [6.45, 7) is 0. The molecule has 0 bridgehead atoms. The molecule has 0 aliphatic rings. The van der Waals surface area contributed by atoms with Crippen molar-refractivity contribution in [1.82, 2.24) is 0 Å². The lowest BCUT2D eigenvalue weighted by Crippen LogP contribution is -1.77. The second-order valence-corrected chi connectivity index (χ2v) is 3.82. The molecule has 0 radical (unpaired) electrons. The summed E-state index contributed by atoms with van der Waals surface area (Å²) in [6, 6.07) is 12.3. The number of hydrogen-bond acceptors (Lipinski definition) is 1. The van der Waals surface area contributed by atoms with Crippen molar-refractivity contribution in [3.8, 4) is 0 Å². The number of rotatable bonds is 1. The fourth-order valence-corrected chi connectivity index (χ4v) is 2.17. The van der Waals surface area contributed by atoms with Crippen LogP contribution in [0.25, 0.3) is 21.7 Å². The Hall–Kier alpha value is -1.47. The zero-order chi connectivity index (χ0) is 10.3. The molecule has 74 valence electrons. The summed E-state index contributed by atoms with van der Waals surface area (Å²) in [4.78, 5) is 0. The third kappa shape index (κ3) is 1.24. The summed E-state index contributed by atoms with van der Waals surface area (Å²) < 4.78 is 5.46. The van der Waals surface area contributed by atoms with Gasteiger partial charge >= 0.3 is 0 Å². The van der Waals surface area contributed by atoms with E-state index in [4.69, 9.17) is 16.0 Å². The number of fused-ring (bicyclic) bond motifs is 3. The first-order valence-corrected chi connectivity index (χ1v) is 5.37. The maximum Gasteiger partial charge on any atom is 0.134 e. The molecule has 3 aromatic rings. The van der Waals surface area contributed by atoms with Gasteiger partial charge in [0.25, 0.3) is 0 Å². The van der Waals surface area contributed by atoms with Gasteiger partial charge in [-0.25, -0.2) is 0 Å². The van der Waals surface area contributed by atoms with Crippen molar-refractivity contribution in [1.29, 1.82) is 0 Å². The van der Waals surface area contributed by atoms with Gasteiger partial charge in [0, 0.05) is 10.9 Å². The molecule has 0 N–H and O–H groups in total. The first-order chi connectivity index (χ1) is 7.40. The van der Waals surface area contributed by atoms with Crippen LogP contribution in [0.2, 0.25) is 0 Å². The van der Waals surface area contributed by atoms with E-state index in [1.165, 1.54) is 10.8 Å². The van der Waals surface area contributed by atoms with Crippen molar-refractivity contribution in [3.63, 3.8) is 0 Å². The Morgan fingerprint density at radius 3 is 2.80 bits per heavy atom. The van der Waals surface area contributed by atoms with Crippen LogP contribution >= 0.6 is 11.6 Å². The van der Waals surface area contributed by atoms with Crippen LogP contribution in [-0.2, 0) is 5.88 Å². The summed E-state index contributed by atoms with van der Waals surface area (Å²) in [5.74, 6) is 0.487. The van der Waals surface area contributed by atoms with Crippen LogP contribution < -0.4 is 0 Å². The van der Waals surface area contributed by atoms with Crippen molar-refractivity contribution < 1.29 is 4.42 Å². The molecule has 2 heteroatoms. The highest BCUT2D eigenvalue weighted by atomic mass is 35.5. The SMILES string of the molecule is ClCc1coc2ccc3ccccc3c12. The predicted molar refractivity (Wildman–Crippen MR) is 63.3 cm³/mol. The minimum Gasteiger partial charge on any atom is -0.464 e. The fraction of sp³-hybridized carbons (Fsp3) is 0.0769. The Kier molecular flexibility index (Phi) is 1.93. The van der Waals surface area contributed by atoms with E-state index < -0.39 is 0 Å². The number of halogens is 1. The quantitative estimate of drug-likeness (QED) is 0.552. The highest BCUT2D eigenvalue weighted by molar-refractivity contribution is 6.19. The molecule has 0 atom stereocenters. The van der Waals surface area contributed by atoms with E-state index in [0.717, 1.165) is 16.5 Å². The Morgan fingerprint density at radius 2 is 1.93 bits per heavy atom. The topological polar surface area (TPSA) is 13.1 Å². The van der Waals surface area contributed by atoms with E-state index in [1.807, 2.05) is 18.2 Å². The summed E-state index contributed by atoms with van der Waals surface area (Å²) in [5, 5.41) is 3.57. The molecule has 2 aromatic carbocycles. The van der Waals surface area contributed by atoms with E-state index in [1.54, 1.807) is 6.26 Å². The second-order valence-electron chi connectivity index (χ2n) is 3.55. The van der Waals surface area contributed by atoms with Crippen molar-refractivity contribution in [2.24, 2.45) is 0 Å². The summed E-state index contributed by atoms with van der Waals surface area (Å²) in [6.07, 6.45) is 1.74. The van der Waals surface area contributed by atoms with Gasteiger partial charge in [-0.05, 0) is 16.8 Å². The van der Waals surface area contributed by atoms with Crippen LogP contribution in [0.15, 0.2) is 47.1 Å². The van der Waals surface area contributed by atoms with Crippen LogP contribution in [0.1, 0.15) is 5.56 Å². The van der Waals surface area contributed by atoms with Gasteiger partial charge in [-0.2, -0.15) is 0 Å². The first-order valence-electron chi connectivity index (χ1n) is 4.84. The Labute approximate surface area is 92.3 Å². The molecule has 1 nitrogen and oxygen atoms in total. The van der Waals surface area contributed by atoms with E-state index in [-0.39, 0.29) is 0 Å². The average Bonchev–Trinajstić information content (AvgIpc) is 2.72. The van der Waals surface area contributed by atoms with Gasteiger partial charge < -0.3 is 4.42 Å². The number of benzene rings is 2. The lowest BCUT2D eigenvalue weighted by molar-refractivity contribution is 0.612. The Balaban J connectivity index is 2.56. The van der Waals surface area contributed by atoms with Gasteiger partial charge in [-0.3, -0.25) is 0 Å². The van der Waals surface area contributed by atoms with E-state index in [2.05, 4.69) is 18.2 Å². The average molecular weight is 217 g/mol. The molecule has 3 rings (SSSR count). The van der Waals surface area contributed by atoms with Gasteiger partial charge in [0.1, 0.15) is 5.58 Å². The molecule has 1 heterocycles. The van der Waals surface area contributed by atoms with E-state index >= 15 is 0 Å². The highest BCUT2D eigenvalue weighted by Gasteiger charge is 2.07. The van der Waals surface area contributed by atoms with Gasteiger partial charge in [0.15, 0.2) is 0 Å². The molecule has 0 unspecified atom stereocenters. The minimum atomic E-state index is 0.487. The molecule has 0 saturated heterocycles. The normalized spacial score (nSPS) is 11.3. The molecule has 0 aliphatic heterocycles. The number of furan rings is 1. The minimum absolute atomic E-state index is 0.487. The Bertz CT molecular complexity index is 625. The molecule has 15 heavy (non-hydrogen) atoms. The van der Waals surface area contributed by atoms with Gasteiger partial charge in [-0.1, -0.05) is 30.3 Å². The van der Waals surface area contributed by atoms with Crippen LogP contribution in [-0.4, -0.2) is 0 Å². The van der Waals surface area contributed by atoms with Crippen LogP contribution in [0.3, 0.4) is 0 Å². The van der Waals surface area contributed by atoms with Crippen LogP contribution in [0.5, 0.6) is 0 Å². The molecular weight excluding hydrogens is 208 g/mol. The molecule has 0 aliphatic carbocycles. The smallest absolute Gasteiger partial charge is 0.134 e. The summed E-state index contributed by atoms with van der Waals surface area (Å²) in [5.41, 5.74) is 1.97. The van der Waals surface area contributed by atoms with E-state index in [0.29, 0.717) is 5.88 Å². The zero-order valence-corrected chi connectivity index (χ0v) is 8.79. The lowest BCUT2D eigenvalue weighted by atomic mass is 10.0. The summed E-state index contributed by atoms with van der Waals surface area (Å²) in [7, 11) is 0. The van der Waals surface area contributed by atoms with Gasteiger partial charge in [-0.15, -0.1) is 11.6 Å². The van der Waals surface area contributed by atoms with Crippen molar-refractivity contribution in [3.05, 3.63) is 48.2 Å². The standard InChI is InChI=1S/C13H9ClO/c14-7-10-8-15-12-6-5-9-3-1-2-4-11(9)13(10)12/h1-6,8H,7H2. The molecular formula is C13H9ClO. The van der Waals surface area contributed by atoms with Gasteiger partial charge in [0.2, 0.25) is 0 Å². The summed E-state index contributed by atoms with van der Waals surface area (Å²) >= 11 is 5.89. The third-order valence-electron chi connectivity index (χ3n) is 2.68. The molecule has 0 amide bonds. The molecule has 0 saturated carbocycles.